The van der Waals surface area contributed by atoms with Crippen LogP contribution in [0.4, 0.5) is 0 Å². The Morgan fingerprint density at radius 3 is 2.55 bits per heavy atom. The Morgan fingerprint density at radius 2 is 2.09 bits per heavy atom. The van der Waals surface area contributed by atoms with Crippen LogP contribution in [0.2, 0.25) is 0 Å². The highest BCUT2D eigenvalue weighted by molar-refractivity contribution is 8.27. The smallest absolute Gasteiger partial charge is 0.266 e. The highest BCUT2D eigenvalue weighted by Gasteiger charge is 1.97. The summed E-state index contributed by atoms with van der Waals surface area (Å²) in [4.78, 5) is 0. The second kappa shape index (κ2) is 5.88. The summed E-state index contributed by atoms with van der Waals surface area (Å²) in [6.07, 6.45) is 4.11. The van der Waals surface area contributed by atoms with Crippen molar-refractivity contribution >= 4 is 20.2 Å². The molecule has 0 aliphatic heterocycles. The highest BCUT2D eigenvalue weighted by Crippen LogP contribution is 2.00. The van der Waals surface area contributed by atoms with Gasteiger partial charge in [-0.15, -0.1) is 0 Å². The van der Waals surface area contributed by atoms with Gasteiger partial charge in [-0.25, -0.2) is 0 Å². The lowest BCUT2D eigenvalue weighted by Crippen LogP contribution is -2.03. The number of hydrogen-bond donors (Lipinski definition) is 1. The van der Waals surface area contributed by atoms with Crippen LogP contribution in [-0.4, -0.2) is 15.4 Å². The molecule has 0 aliphatic rings. The third kappa shape index (κ3) is 10.3. The Hall–Kier alpha value is 0.290. The number of rotatable bonds is 6. The Kier molecular flexibility index (Phi) is 6.03. The van der Waals surface area contributed by atoms with Crippen LogP contribution in [0.1, 0.15) is 32.6 Å². The van der Waals surface area contributed by atoms with E-state index in [0.29, 0.717) is 6.61 Å². The molecule has 0 fully saturated rings. The van der Waals surface area contributed by atoms with Crippen molar-refractivity contribution in [1.82, 2.24) is 0 Å². The molecule has 0 radical (unpaired) electrons. The van der Waals surface area contributed by atoms with Crippen molar-refractivity contribution in [1.29, 1.82) is 0 Å². The lowest BCUT2D eigenvalue weighted by molar-refractivity contribution is 0.295. The quantitative estimate of drug-likeness (QED) is 0.660. The SMILES string of the molecule is CCCCCCOS(=O)(O)=S. The molecule has 0 saturated carbocycles. The summed E-state index contributed by atoms with van der Waals surface area (Å²) >= 11 is 4.12. The van der Waals surface area contributed by atoms with Gasteiger partial charge in [0, 0.05) is 11.2 Å². The van der Waals surface area contributed by atoms with Crippen molar-refractivity contribution in [3.05, 3.63) is 0 Å². The van der Waals surface area contributed by atoms with Crippen LogP contribution in [-0.2, 0) is 24.4 Å². The van der Waals surface area contributed by atoms with Crippen LogP contribution < -0.4 is 0 Å². The second-order valence-corrected chi connectivity index (χ2v) is 4.67. The van der Waals surface area contributed by atoms with Crippen molar-refractivity contribution in [3.63, 3.8) is 0 Å². The van der Waals surface area contributed by atoms with E-state index in [-0.39, 0.29) is 0 Å². The number of hydrogen-bond acceptors (Lipinski definition) is 3. The minimum absolute atomic E-state index is 0.291. The van der Waals surface area contributed by atoms with Crippen molar-refractivity contribution in [3.8, 4) is 0 Å². The zero-order valence-electron chi connectivity index (χ0n) is 6.62. The van der Waals surface area contributed by atoms with Crippen LogP contribution in [0.3, 0.4) is 0 Å². The third-order valence-corrected chi connectivity index (χ3v) is 1.98. The minimum Gasteiger partial charge on any atom is -0.285 e. The molecule has 11 heavy (non-hydrogen) atoms. The van der Waals surface area contributed by atoms with E-state index in [9.17, 15) is 4.21 Å². The fraction of sp³-hybridized carbons (Fsp3) is 1.00. The Labute approximate surface area is 72.8 Å². The van der Waals surface area contributed by atoms with Gasteiger partial charge in [0.2, 0.25) is 0 Å². The van der Waals surface area contributed by atoms with Crippen LogP contribution >= 0.6 is 0 Å². The Balaban J connectivity index is 3.16. The molecule has 0 spiro atoms. The molecule has 0 rings (SSSR count). The maximum atomic E-state index is 10.4. The van der Waals surface area contributed by atoms with E-state index >= 15 is 0 Å². The van der Waals surface area contributed by atoms with E-state index in [0.717, 1.165) is 25.7 Å². The first-order valence-electron chi connectivity index (χ1n) is 3.68. The first kappa shape index (κ1) is 11.3. The van der Waals surface area contributed by atoms with Crippen molar-refractivity contribution in [2.24, 2.45) is 0 Å². The summed E-state index contributed by atoms with van der Waals surface area (Å²) in [5.74, 6) is 0. The largest absolute Gasteiger partial charge is 0.285 e. The number of unbranched alkanes of at least 4 members (excludes halogenated alkanes) is 3. The summed E-state index contributed by atoms with van der Waals surface area (Å²) in [6.45, 7) is 2.39. The first-order valence-corrected chi connectivity index (χ1v) is 6.04. The monoisotopic (exact) mass is 198 g/mol. The average Bonchev–Trinajstić information content (AvgIpc) is 1.85. The van der Waals surface area contributed by atoms with E-state index in [2.05, 4.69) is 22.3 Å². The van der Waals surface area contributed by atoms with Crippen LogP contribution in [0.15, 0.2) is 0 Å². The predicted molar refractivity (Wildman–Crippen MR) is 48.2 cm³/mol. The molecule has 0 saturated heterocycles. The summed E-state index contributed by atoms with van der Waals surface area (Å²) in [7, 11) is -3.38. The fourth-order valence-corrected chi connectivity index (χ4v) is 1.23. The molecule has 1 atom stereocenters. The molecule has 1 unspecified atom stereocenters. The third-order valence-electron chi connectivity index (χ3n) is 1.23. The summed E-state index contributed by atoms with van der Waals surface area (Å²) in [5, 5.41) is 0. The normalized spacial score (nSPS) is 16.2. The van der Waals surface area contributed by atoms with Gasteiger partial charge in [-0.3, -0.25) is 8.74 Å². The molecule has 0 aromatic heterocycles. The molecule has 0 heterocycles. The van der Waals surface area contributed by atoms with Gasteiger partial charge >= 0.3 is 0 Å². The molecule has 0 aromatic carbocycles. The Morgan fingerprint density at radius 1 is 1.45 bits per heavy atom. The highest BCUT2D eigenvalue weighted by atomic mass is 32.9. The Bertz CT molecular complexity index is 174. The molecule has 0 amide bonds. The van der Waals surface area contributed by atoms with Gasteiger partial charge < -0.3 is 0 Å². The first-order chi connectivity index (χ1) is 5.06. The van der Waals surface area contributed by atoms with Gasteiger partial charge in [-0.1, -0.05) is 26.2 Å². The molecular formula is C6H14O3S2. The van der Waals surface area contributed by atoms with Gasteiger partial charge in [0.1, 0.15) is 0 Å². The standard InChI is InChI=1S/C6H14O3S2/c1-2-3-4-5-6-9-11(7,8)10/h2-6H2,1H3,(H,7,8,10). The molecule has 0 aliphatic carbocycles. The summed E-state index contributed by atoms with van der Waals surface area (Å²) in [6, 6.07) is 0. The molecular weight excluding hydrogens is 184 g/mol. The molecule has 1 N–H and O–H groups in total. The molecule has 68 valence electrons. The fourth-order valence-electron chi connectivity index (χ4n) is 0.693. The molecule has 0 aromatic rings. The lowest BCUT2D eigenvalue weighted by Gasteiger charge is -2.00. The zero-order valence-corrected chi connectivity index (χ0v) is 8.25. The zero-order chi connectivity index (χ0) is 8.74. The van der Waals surface area contributed by atoms with Crippen LogP contribution in [0.25, 0.3) is 0 Å². The summed E-state index contributed by atoms with van der Waals surface area (Å²) < 4.78 is 23.3. The van der Waals surface area contributed by atoms with Gasteiger partial charge in [-0.2, -0.15) is 4.21 Å². The van der Waals surface area contributed by atoms with Crippen molar-refractivity contribution < 1.29 is 12.9 Å². The van der Waals surface area contributed by atoms with Gasteiger partial charge in [-0.05, 0) is 6.42 Å². The second-order valence-electron chi connectivity index (χ2n) is 2.31. The molecule has 5 heteroatoms. The van der Waals surface area contributed by atoms with Crippen molar-refractivity contribution in [2.45, 2.75) is 32.6 Å². The maximum Gasteiger partial charge on any atom is 0.266 e. The summed E-state index contributed by atoms with van der Waals surface area (Å²) in [5.41, 5.74) is 0. The van der Waals surface area contributed by atoms with Crippen LogP contribution in [0.5, 0.6) is 0 Å². The van der Waals surface area contributed by atoms with Gasteiger partial charge in [0.05, 0.1) is 6.61 Å². The molecule has 0 bridgehead atoms. The van der Waals surface area contributed by atoms with Gasteiger partial charge in [0.15, 0.2) is 0 Å². The van der Waals surface area contributed by atoms with Crippen molar-refractivity contribution in [2.75, 3.05) is 6.61 Å². The minimum atomic E-state index is -3.38. The van der Waals surface area contributed by atoms with E-state index < -0.39 is 9.05 Å². The van der Waals surface area contributed by atoms with E-state index in [1.165, 1.54) is 0 Å². The lowest BCUT2D eigenvalue weighted by atomic mass is 10.2. The van der Waals surface area contributed by atoms with Crippen LogP contribution in [0, 0.1) is 0 Å². The predicted octanol–water partition coefficient (Wildman–Crippen LogP) is 1.72. The maximum absolute atomic E-state index is 10.4. The molecule has 3 nitrogen and oxygen atoms in total. The topological polar surface area (TPSA) is 46.5 Å². The average molecular weight is 198 g/mol. The van der Waals surface area contributed by atoms with Gasteiger partial charge in [0.25, 0.3) is 9.05 Å². The van der Waals surface area contributed by atoms with E-state index in [1.54, 1.807) is 0 Å². The van der Waals surface area contributed by atoms with E-state index in [1.807, 2.05) is 0 Å². The van der Waals surface area contributed by atoms with E-state index in [4.69, 9.17) is 4.55 Å².